The van der Waals surface area contributed by atoms with Crippen LogP contribution in [0.2, 0.25) is 0 Å². The van der Waals surface area contributed by atoms with Crippen molar-refractivity contribution < 1.29 is 9.84 Å². The van der Waals surface area contributed by atoms with E-state index in [9.17, 15) is 0 Å². The van der Waals surface area contributed by atoms with Gasteiger partial charge in [-0.2, -0.15) is 0 Å². The monoisotopic (exact) mass is 200 g/mol. The average molecular weight is 200 g/mol. The molecule has 0 spiro atoms. The minimum atomic E-state index is -0.0735. The molecule has 0 aliphatic carbocycles. The largest absolute Gasteiger partial charge is 0.392 e. The molecule has 2 heteroatoms. The molecule has 0 rings (SSSR count). The Labute approximate surface area is 88.0 Å². The van der Waals surface area contributed by atoms with Gasteiger partial charge in [0.2, 0.25) is 0 Å². The van der Waals surface area contributed by atoms with E-state index >= 15 is 0 Å². The second-order valence-corrected chi connectivity index (χ2v) is 4.44. The summed E-state index contributed by atoms with van der Waals surface area (Å²) in [7, 11) is 1.76. The Hall–Kier alpha value is -0.340. The lowest BCUT2D eigenvalue weighted by molar-refractivity contribution is -0.00258. The Morgan fingerprint density at radius 2 is 2.00 bits per heavy atom. The van der Waals surface area contributed by atoms with Crippen molar-refractivity contribution in [1.29, 1.82) is 0 Å². The van der Waals surface area contributed by atoms with E-state index in [0.717, 1.165) is 12.8 Å². The van der Waals surface area contributed by atoms with Crippen LogP contribution >= 0.6 is 0 Å². The third-order valence-corrected chi connectivity index (χ3v) is 2.57. The van der Waals surface area contributed by atoms with Gasteiger partial charge in [0.25, 0.3) is 0 Å². The van der Waals surface area contributed by atoms with Gasteiger partial charge in [0, 0.05) is 7.11 Å². The van der Waals surface area contributed by atoms with Gasteiger partial charge in [0.1, 0.15) is 0 Å². The van der Waals surface area contributed by atoms with E-state index in [-0.39, 0.29) is 12.2 Å². The van der Waals surface area contributed by atoms with Crippen molar-refractivity contribution in [2.75, 3.05) is 13.7 Å². The summed E-state index contributed by atoms with van der Waals surface area (Å²) in [6.07, 6.45) is 6.88. The van der Waals surface area contributed by atoms with Crippen LogP contribution in [0.4, 0.5) is 0 Å². The number of rotatable bonds is 7. The minimum Gasteiger partial charge on any atom is -0.392 e. The summed E-state index contributed by atoms with van der Waals surface area (Å²) in [5, 5.41) is 8.63. The van der Waals surface area contributed by atoms with E-state index in [2.05, 4.69) is 20.8 Å². The Morgan fingerprint density at radius 1 is 1.36 bits per heavy atom. The third kappa shape index (κ3) is 6.17. The van der Waals surface area contributed by atoms with Gasteiger partial charge in [-0.1, -0.05) is 26.0 Å². The van der Waals surface area contributed by atoms with E-state index in [1.54, 1.807) is 13.2 Å². The van der Waals surface area contributed by atoms with E-state index in [1.807, 2.05) is 6.08 Å². The van der Waals surface area contributed by atoms with Crippen molar-refractivity contribution in [2.24, 2.45) is 5.92 Å². The van der Waals surface area contributed by atoms with E-state index < -0.39 is 0 Å². The quantitative estimate of drug-likeness (QED) is 0.640. The zero-order valence-electron chi connectivity index (χ0n) is 9.92. The van der Waals surface area contributed by atoms with Gasteiger partial charge >= 0.3 is 0 Å². The molecule has 0 aromatic heterocycles. The molecule has 0 fully saturated rings. The molecule has 0 heterocycles. The maximum absolute atomic E-state index is 8.63. The molecule has 2 nitrogen and oxygen atoms in total. The molecule has 14 heavy (non-hydrogen) atoms. The molecule has 0 aromatic carbocycles. The topological polar surface area (TPSA) is 29.5 Å². The Bertz CT molecular complexity index is 164. The van der Waals surface area contributed by atoms with Crippen LogP contribution in [-0.2, 0) is 4.74 Å². The summed E-state index contributed by atoms with van der Waals surface area (Å²) in [6.45, 7) is 6.68. The highest BCUT2D eigenvalue weighted by atomic mass is 16.5. The summed E-state index contributed by atoms with van der Waals surface area (Å²) in [5.74, 6) is 0.714. The number of methoxy groups -OCH3 is 1. The molecule has 0 amide bonds. The Morgan fingerprint density at radius 3 is 2.43 bits per heavy atom. The number of aliphatic hydroxyl groups excluding tert-OH is 1. The number of hydrogen-bond donors (Lipinski definition) is 1. The van der Waals surface area contributed by atoms with Crippen LogP contribution in [0.3, 0.4) is 0 Å². The maximum atomic E-state index is 8.63. The summed E-state index contributed by atoms with van der Waals surface area (Å²) in [4.78, 5) is 0. The first-order valence-electron chi connectivity index (χ1n) is 5.35. The van der Waals surface area contributed by atoms with E-state index in [0.29, 0.717) is 5.92 Å². The van der Waals surface area contributed by atoms with Gasteiger partial charge in [-0.3, -0.25) is 0 Å². The van der Waals surface area contributed by atoms with Crippen molar-refractivity contribution in [3.63, 3.8) is 0 Å². The predicted octanol–water partition coefficient (Wildman–Crippen LogP) is 2.77. The summed E-state index contributed by atoms with van der Waals surface area (Å²) >= 11 is 0. The maximum Gasteiger partial charge on any atom is 0.0685 e. The van der Waals surface area contributed by atoms with Crippen molar-refractivity contribution in [2.45, 2.75) is 45.6 Å². The molecule has 0 saturated carbocycles. The lowest BCUT2D eigenvalue weighted by Gasteiger charge is -2.27. The highest BCUT2D eigenvalue weighted by Crippen LogP contribution is 2.23. The second kappa shape index (κ2) is 7.02. The highest BCUT2D eigenvalue weighted by molar-refractivity contribution is 4.90. The molecular weight excluding hydrogens is 176 g/mol. The Kier molecular flexibility index (Phi) is 6.85. The smallest absolute Gasteiger partial charge is 0.0685 e. The lowest BCUT2D eigenvalue weighted by atomic mass is 9.92. The van der Waals surface area contributed by atoms with Gasteiger partial charge in [0.05, 0.1) is 12.2 Å². The first kappa shape index (κ1) is 13.7. The van der Waals surface area contributed by atoms with Crippen molar-refractivity contribution in [1.82, 2.24) is 0 Å². The van der Waals surface area contributed by atoms with Gasteiger partial charge in [-0.05, 0) is 32.1 Å². The van der Waals surface area contributed by atoms with Gasteiger partial charge in [0.15, 0.2) is 0 Å². The predicted molar refractivity (Wildman–Crippen MR) is 60.3 cm³/mol. The highest BCUT2D eigenvalue weighted by Gasteiger charge is 2.21. The first-order chi connectivity index (χ1) is 6.54. The van der Waals surface area contributed by atoms with Crippen molar-refractivity contribution in [3.8, 4) is 0 Å². The van der Waals surface area contributed by atoms with Crippen LogP contribution in [-0.4, -0.2) is 24.4 Å². The first-order valence-corrected chi connectivity index (χ1v) is 5.35. The van der Waals surface area contributed by atoms with Gasteiger partial charge < -0.3 is 9.84 Å². The standard InChI is InChI=1S/C12H24O2/c1-11(2)7-9-12(3,14-4)8-5-6-10-13/h5-6,11,13H,7-10H2,1-4H3. The van der Waals surface area contributed by atoms with Crippen LogP contribution in [0.15, 0.2) is 12.2 Å². The third-order valence-electron chi connectivity index (χ3n) is 2.57. The molecular formula is C12H24O2. The molecule has 1 unspecified atom stereocenters. The Balaban J connectivity index is 3.97. The lowest BCUT2D eigenvalue weighted by Crippen LogP contribution is -2.26. The molecule has 1 N–H and O–H groups in total. The molecule has 0 bridgehead atoms. The summed E-state index contributed by atoms with van der Waals surface area (Å²) < 4.78 is 5.50. The van der Waals surface area contributed by atoms with Crippen molar-refractivity contribution >= 4 is 0 Å². The zero-order valence-corrected chi connectivity index (χ0v) is 9.92. The van der Waals surface area contributed by atoms with E-state index in [4.69, 9.17) is 9.84 Å². The van der Waals surface area contributed by atoms with Gasteiger partial charge in [-0.25, -0.2) is 0 Å². The fourth-order valence-corrected chi connectivity index (χ4v) is 1.29. The van der Waals surface area contributed by atoms with Gasteiger partial charge in [-0.15, -0.1) is 0 Å². The normalized spacial score (nSPS) is 16.4. The molecule has 0 aromatic rings. The van der Waals surface area contributed by atoms with Crippen LogP contribution in [0, 0.1) is 5.92 Å². The number of aliphatic hydroxyl groups is 1. The molecule has 1 atom stereocenters. The molecule has 0 aliphatic heterocycles. The van der Waals surface area contributed by atoms with Crippen molar-refractivity contribution in [3.05, 3.63) is 12.2 Å². The average Bonchev–Trinajstić information content (AvgIpc) is 2.15. The number of hydrogen-bond acceptors (Lipinski definition) is 2. The molecule has 0 aliphatic rings. The van der Waals surface area contributed by atoms with E-state index in [1.165, 1.54) is 6.42 Å². The zero-order chi connectivity index (χ0) is 11.0. The molecule has 0 radical (unpaired) electrons. The summed E-state index contributed by atoms with van der Waals surface area (Å²) in [6, 6.07) is 0. The fourth-order valence-electron chi connectivity index (χ4n) is 1.29. The fraction of sp³-hybridized carbons (Fsp3) is 0.833. The van der Waals surface area contributed by atoms with Crippen LogP contribution in [0.25, 0.3) is 0 Å². The van der Waals surface area contributed by atoms with Crippen LogP contribution in [0.1, 0.15) is 40.0 Å². The minimum absolute atomic E-state index is 0.0735. The SMILES string of the molecule is COC(C)(CC=CCO)CCC(C)C. The van der Waals surface area contributed by atoms with Crippen LogP contribution in [0.5, 0.6) is 0 Å². The molecule has 84 valence electrons. The summed E-state index contributed by atoms with van der Waals surface area (Å²) in [5.41, 5.74) is -0.0735. The number of ether oxygens (including phenoxy) is 1. The second-order valence-electron chi connectivity index (χ2n) is 4.44. The van der Waals surface area contributed by atoms with Crippen LogP contribution < -0.4 is 0 Å². The molecule has 0 saturated heterocycles.